The lowest BCUT2D eigenvalue weighted by atomic mass is 10.1. The third kappa shape index (κ3) is 5.68. The summed E-state index contributed by atoms with van der Waals surface area (Å²) < 4.78 is 48.8. The number of allylic oxidation sites excluding steroid dienone is 1. The van der Waals surface area contributed by atoms with Gasteiger partial charge in [0, 0.05) is 22.9 Å². The van der Waals surface area contributed by atoms with E-state index in [0.29, 0.717) is 39.8 Å². The number of rotatable bonds is 10. The number of benzene rings is 3. The van der Waals surface area contributed by atoms with Crippen molar-refractivity contribution in [2.24, 2.45) is 0 Å². The van der Waals surface area contributed by atoms with Gasteiger partial charge in [0.25, 0.3) is 10.0 Å². The molecule has 0 fully saturated rings. The molecule has 0 bridgehead atoms. The van der Waals surface area contributed by atoms with Crippen molar-refractivity contribution in [3.8, 4) is 23.0 Å². The van der Waals surface area contributed by atoms with Crippen LogP contribution in [0.15, 0.2) is 71.6 Å². The summed E-state index contributed by atoms with van der Waals surface area (Å²) in [5, 5.41) is 0. The lowest BCUT2D eigenvalue weighted by Gasteiger charge is -2.12. The molecular weight excluding hydrogens is 458 g/mol. The van der Waals surface area contributed by atoms with Crippen molar-refractivity contribution in [3.63, 3.8) is 0 Å². The SMILES string of the molecule is COc1ccc(NS(=O)(=O)c2ccc(C(=O)/C=C/c3cc(OC)c(OC)cc3OC)cc2)cc1. The molecule has 0 atom stereocenters. The predicted molar refractivity (Wildman–Crippen MR) is 130 cm³/mol. The van der Waals surface area contributed by atoms with Crippen molar-refractivity contribution >= 4 is 27.6 Å². The number of hydrogen-bond acceptors (Lipinski definition) is 7. The van der Waals surface area contributed by atoms with Gasteiger partial charge in [0.05, 0.1) is 33.3 Å². The number of ether oxygens (including phenoxy) is 4. The first-order chi connectivity index (χ1) is 16.3. The highest BCUT2D eigenvalue weighted by Gasteiger charge is 2.15. The fourth-order valence-corrected chi connectivity index (χ4v) is 4.17. The molecule has 0 aliphatic heterocycles. The summed E-state index contributed by atoms with van der Waals surface area (Å²) >= 11 is 0. The van der Waals surface area contributed by atoms with Gasteiger partial charge in [-0.05, 0) is 66.7 Å². The van der Waals surface area contributed by atoms with Crippen LogP contribution in [0.1, 0.15) is 15.9 Å². The normalized spacial score (nSPS) is 11.2. The summed E-state index contributed by atoms with van der Waals surface area (Å²) in [6, 6.07) is 15.5. The topological polar surface area (TPSA) is 100 Å². The molecule has 3 aromatic carbocycles. The largest absolute Gasteiger partial charge is 0.497 e. The van der Waals surface area contributed by atoms with Crippen LogP contribution in [-0.4, -0.2) is 42.6 Å². The molecule has 0 radical (unpaired) electrons. The smallest absolute Gasteiger partial charge is 0.261 e. The number of methoxy groups -OCH3 is 4. The average molecular weight is 484 g/mol. The Morgan fingerprint density at radius 3 is 1.91 bits per heavy atom. The molecular formula is C25H25NO7S. The molecule has 9 heteroatoms. The molecule has 0 aliphatic rings. The first kappa shape index (κ1) is 24.7. The van der Waals surface area contributed by atoms with E-state index in [9.17, 15) is 13.2 Å². The second-order valence-corrected chi connectivity index (χ2v) is 8.69. The molecule has 34 heavy (non-hydrogen) atoms. The van der Waals surface area contributed by atoms with Gasteiger partial charge >= 0.3 is 0 Å². The monoisotopic (exact) mass is 483 g/mol. The van der Waals surface area contributed by atoms with Gasteiger partial charge in [0.2, 0.25) is 0 Å². The molecule has 3 rings (SSSR count). The van der Waals surface area contributed by atoms with E-state index in [1.54, 1.807) is 42.5 Å². The molecule has 0 saturated heterocycles. The van der Waals surface area contributed by atoms with Crippen molar-refractivity contribution < 1.29 is 32.2 Å². The van der Waals surface area contributed by atoms with Crippen LogP contribution in [0.2, 0.25) is 0 Å². The minimum atomic E-state index is -3.82. The van der Waals surface area contributed by atoms with Crippen LogP contribution in [-0.2, 0) is 10.0 Å². The van der Waals surface area contributed by atoms with E-state index in [1.807, 2.05) is 0 Å². The van der Waals surface area contributed by atoms with E-state index < -0.39 is 10.0 Å². The minimum absolute atomic E-state index is 0.0328. The molecule has 0 unspecified atom stereocenters. The van der Waals surface area contributed by atoms with Gasteiger partial charge < -0.3 is 18.9 Å². The highest BCUT2D eigenvalue weighted by Crippen LogP contribution is 2.35. The highest BCUT2D eigenvalue weighted by atomic mass is 32.2. The van der Waals surface area contributed by atoms with Crippen molar-refractivity contribution in [1.82, 2.24) is 0 Å². The molecule has 0 saturated carbocycles. The maximum absolute atomic E-state index is 12.7. The molecule has 0 aliphatic carbocycles. The van der Waals surface area contributed by atoms with Crippen molar-refractivity contribution in [1.29, 1.82) is 0 Å². The Labute approximate surface area is 198 Å². The van der Waals surface area contributed by atoms with E-state index in [-0.39, 0.29) is 10.7 Å². The van der Waals surface area contributed by atoms with Crippen molar-refractivity contribution in [3.05, 3.63) is 77.9 Å². The third-order valence-electron chi connectivity index (χ3n) is 4.94. The number of hydrogen-bond donors (Lipinski definition) is 1. The zero-order valence-corrected chi connectivity index (χ0v) is 20.0. The Morgan fingerprint density at radius 1 is 0.765 bits per heavy atom. The second kappa shape index (κ2) is 10.8. The number of nitrogens with one attached hydrogen (secondary N) is 1. The molecule has 178 valence electrons. The summed E-state index contributed by atoms with van der Waals surface area (Å²) in [6.07, 6.45) is 2.97. The van der Waals surface area contributed by atoms with Crippen LogP contribution >= 0.6 is 0 Å². The molecule has 0 aromatic heterocycles. The fraction of sp³-hybridized carbons (Fsp3) is 0.160. The Balaban J connectivity index is 1.76. The van der Waals surface area contributed by atoms with Crippen molar-refractivity contribution in [2.45, 2.75) is 4.90 Å². The maximum atomic E-state index is 12.7. The maximum Gasteiger partial charge on any atom is 0.261 e. The van der Waals surface area contributed by atoms with Gasteiger partial charge in [-0.1, -0.05) is 0 Å². The van der Waals surface area contributed by atoms with Crippen LogP contribution in [0.25, 0.3) is 6.08 Å². The van der Waals surface area contributed by atoms with Crippen molar-refractivity contribution in [2.75, 3.05) is 33.2 Å². The lowest BCUT2D eigenvalue weighted by Crippen LogP contribution is -2.13. The summed E-state index contributed by atoms with van der Waals surface area (Å²) in [5.74, 6) is 1.82. The number of ketones is 1. The quantitative estimate of drug-likeness (QED) is 0.337. The lowest BCUT2D eigenvalue weighted by molar-refractivity contribution is 0.104. The Bertz CT molecular complexity index is 1280. The number of sulfonamides is 1. The number of carbonyl (C=O) groups is 1. The fourth-order valence-electron chi connectivity index (χ4n) is 3.12. The molecule has 0 amide bonds. The molecule has 1 N–H and O–H groups in total. The van der Waals surface area contributed by atoms with Gasteiger partial charge in [-0.25, -0.2) is 8.42 Å². The van der Waals surface area contributed by atoms with Crippen LogP contribution < -0.4 is 23.7 Å². The van der Waals surface area contributed by atoms with E-state index >= 15 is 0 Å². The second-order valence-electron chi connectivity index (χ2n) is 7.01. The van der Waals surface area contributed by atoms with E-state index in [0.717, 1.165) is 0 Å². The average Bonchev–Trinajstić information content (AvgIpc) is 2.86. The standard InChI is InChI=1S/C25H25NO7S/c1-30-20-10-8-19(9-11-20)26-34(28,29)21-12-5-17(6-13-21)22(27)14-7-18-15-24(32-3)25(33-4)16-23(18)31-2/h5-16,26H,1-4H3/b14-7+. The third-order valence-corrected chi connectivity index (χ3v) is 6.34. The number of anilines is 1. The van der Waals surface area contributed by atoms with E-state index in [4.69, 9.17) is 18.9 Å². The molecule has 0 spiro atoms. The summed E-state index contributed by atoms with van der Waals surface area (Å²) in [4.78, 5) is 12.7. The van der Waals surface area contributed by atoms with Gasteiger partial charge in [-0.3, -0.25) is 9.52 Å². The first-order valence-corrected chi connectivity index (χ1v) is 11.6. The summed E-state index contributed by atoms with van der Waals surface area (Å²) in [7, 11) is 2.26. The van der Waals surface area contributed by atoms with Crippen LogP contribution in [0.5, 0.6) is 23.0 Å². The first-order valence-electron chi connectivity index (χ1n) is 10.1. The molecule has 3 aromatic rings. The predicted octanol–water partition coefficient (Wildman–Crippen LogP) is 4.42. The van der Waals surface area contributed by atoms with Gasteiger partial charge in [0.1, 0.15) is 11.5 Å². The zero-order chi connectivity index (χ0) is 24.7. The minimum Gasteiger partial charge on any atom is -0.497 e. The van der Waals surface area contributed by atoms with Crippen LogP contribution in [0.3, 0.4) is 0 Å². The zero-order valence-electron chi connectivity index (χ0n) is 19.2. The van der Waals surface area contributed by atoms with Gasteiger partial charge in [-0.15, -0.1) is 0 Å². The van der Waals surface area contributed by atoms with Gasteiger partial charge in [0.15, 0.2) is 17.3 Å². The summed E-state index contributed by atoms with van der Waals surface area (Å²) in [5.41, 5.74) is 1.35. The Hall–Kier alpha value is -3.98. The summed E-state index contributed by atoms with van der Waals surface area (Å²) in [6.45, 7) is 0. The highest BCUT2D eigenvalue weighted by molar-refractivity contribution is 7.92. The van der Waals surface area contributed by atoms with E-state index in [2.05, 4.69) is 4.72 Å². The Morgan fingerprint density at radius 2 is 1.35 bits per heavy atom. The van der Waals surface area contributed by atoms with Crippen LogP contribution in [0.4, 0.5) is 5.69 Å². The van der Waals surface area contributed by atoms with Gasteiger partial charge in [-0.2, -0.15) is 0 Å². The molecule has 0 heterocycles. The van der Waals surface area contributed by atoms with E-state index in [1.165, 1.54) is 58.8 Å². The number of carbonyl (C=O) groups excluding carboxylic acids is 1. The molecule has 8 nitrogen and oxygen atoms in total. The Kier molecular flexibility index (Phi) is 7.80. The van der Waals surface area contributed by atoms with Crippen LogP contribution in [0, 0.1) is 0 Å².